The van der Waals surface area contributed by atoms with Gasteiger partial charge in [-0.15, -0.1) is 0 Å². The van der Waals surface area contributed by atoms with E-state index in [2.05, 4.69) is 20.8 Å². The quantitative estimate of drug-likeness (QED) is 0.484. The lowest BCUT2D eigenvalue weighted by Crippen LogP contribution is -2.34. The number of ether oxygens (including phenoxy) is 1. The van der Waals surface area contributed by atoms with Crippen molar-refractivity contribution < 1.29 is 9.53 Å². The Bertz CT molecular complexity index is 1020. The van der Waals surface area contributed by atoms with Gasteiger partial charge in [0.2, 0.25) is 5.91 Å². The van der Waals surface area contributed by atoms with Crippen LogP contribution in [0.4, 0.5) is 5.82 Å². The van der Waals surface area contributed by atoms with Crippen LogP contribution in [0, 0.1) is 0 Å². The van der Waals surface area contributed by atoms with Gasteiger partial charge in [0.05, 0.1) is 5.52 Å². The molecule has 1 aromatic heterocycles. The Kier molecular flexibility index (Phi) is 5.76. The Balaban J connectivity index is 1.36. The maximum absolute atomic E-state index is 12.3. The molecule has 2 heterocycles. The summed E-state index contributed by atoms with van der Waals surface area (Å²) < 4.78 is 6.16. The van der Waals surface area contributed by atoms with Gasteiger partial charge in [-0.1, -0.05) is 24.3 Å². The third-order valence-electron chi connectivity index (χ3n) is 5.05. The first-order valence-corrected chi connectivity index (χ1v) is 9.84. The van der Waals surface area contributed by atoms with Gasteiger partial charge >= 0.3 is 0 Å². The van der Waals surface area contributed by atoms with E-state index < -0.39 is 0 Å². The first-order valence-electron chi connectivity index (χ1n) is 9.84. The summed E-state index contributed by atoms with van der Waals surface area (Å²) in [6.07, 6.45) is 5.49. The zero-order valence-corrected chi connectivity index (χ0v) is 16.2. The number of rotatable bonds is 6. The van der Waals surface area contributed by atoms with Crippen molar-refractivity contribution in [1.82, 2.24) is 20.8 Å². The maximum Gasteiger partial charge on any atom is 0.244 e. The number of carbonyl (C=O) groups is 1. The average molecular weight is 391 g/mol. The molecular formula is C22H25N5O2. The van der Waals surface area contributed by atoms with E-state index in [4.69, 9.17) is 10.5 Å². The molecule has 1 aliphatic rings. The molecule has 0 bridgehead atoms. The number of fused-ring (bicyclic) bond motifs is 1. The van der Waals surface area contributed by atoms with Crippen LogP contribution in [-0.4, -0.2) is 35.3 Å². The molecule has 2 aromatic carbocycles. The summed E-state index contributed by atoms with van der Waals surface area (Å²) in [5, 5.41) is 13.9. The first-order chi connectivity index (χ1) is 14.2. The van der Waals surface area contributed by atoms with Crippen LogP contribution >= 0.6 is 0 Å². The maximum atomic E-state index is 12.3. The highest BCUT2D eigenvalue weighted by molar-refractivity contribution is 5.94. The van der Waals surface area contributed by atoms with Crippen molar-refractivity contribution in [3.05, 3.63) is 59.7 Å². The van der Waals surface area contributed by atoms with Crippen LogP contribution in [0.15, 0.2) is 48.5 Å². The topological polar surface area (TPSA) is 105 Å². The van der Waals surface area contributed by atoms with Crippen LogP contribution in [0.5, 0.6) is 5.75 Å². The van der Waals surface area contributed by atoms with E-state index in [-0.39, 0.29) is 12.0 Å². The van der Waals surface area contributed by atoms with Crippen molar-refractivity contribution in [3.8, 4) is 5.75 Å². The fourth-order valence-electron chi connectivity index (χ4n) is 3.43. The van der Waals surface area contributed by atoms with E-state index in [1.807, 2.05) is 42.5 Å². The first kappa shape index (κ1) is 19.0. The monoisotopic (exact) mass is 391 g/mol. The number of carbonyl (C=O) groups excluding carboxylic acids is 1. The van der Waals surface area contributed by atoms with Crippen LogP contribution in [0.2, 0.25) is 0 Å². The van der Waals surface area contributed by atoms with Crippen LogP contribution < -0.4 is 21.1 Å². The Labute approximate surface area is 169 Å². The molecule has 0 saturated carbocycles. The minimum absolute atomic E-state index is 0.165. The normalized spacial score (nSPS) is 15.0. The second-order valence-electron chi connectivity index (χ2n) is 7.14. The van der Waals surface area contributed by atoms with E-state index in [1.54, 1.807) is 6.08 Å². The lowest BCUT2D eigenvalue weighted by atomic mass is 10.1. The second kappa shape index (κ2) is 8.79. The lowest BCUT2D eigenvalue weighted by Gasteiger charge is -2.25. The molecule has 7 nitrogen and oxygen atoms in total. The number of nitrogens with two attached hydrogens (primary N) is 1. The number of aromatic amines is 1. The smallest absolute Gasteiger partial charge is 0.244 e. The van der Waals surface area contributed by atoms with Crippen LogP contribution in [0.25, 0.3) is 17.0 Å². The van der Waals surface area contributed by atoms with E-state index in [0.29, 0.717) is 12.4 Å². The summed E-state index contributed by atoms with van der Waals surface area (Å²) in [7, 11) is 0. The number of amides is 1. The summed E-state index contributed by atoms with van der Waals surface area (Å²) in [5.41, 5.74) is 8.56. The van der Waals surface area contributed by atoms with Crippen LogP contribution in [0.3, 0.4) is 0 Å². The number of benzene rings is 2. The van der Waals surface area contributed by atoms with Gasteiger partial charge < -0.3 is 21.1 Å². The molecular weight excluding hydrogens is 366 g/mol. The molecule has 0 radical (unpaired) electrons. The van der Waals surface area contributed by atoms with Gasteiger partial charge in [0.1, 0.15) is 11.9 Å². The molecule has 7 heteroatoms. The molecule has 3 aromatic rings. The summed E-state index contributed by atoms with van der Waals surface area (Å²) >= 11 is 0. The Morgan fingerprint density at radius 2 is 2.07 bits per heavy atom. The van der Waals surface area contributed by atoms with Crippen molar-refractivity contribution in [2.45, 2.75) is 25.5 Å². The van der Waals surface area contributed by atoms with E-state index in [9.17, 15) is 4.79 Å². The van der Waals surface area contributed by atoms with Gasteiger partial charge in [0.25, 0.3) is 0 Å². The van der Waals surface area contributed by atoms with Crippen molar-refractivity contribution in [1.29, 1.82) is 0 Å². The van der Waals surface area contributed by atoms with E-state index in [1.165, 1.54) is 6.08 Å². The average Bonchev–Trinajstić information content (AvgIpc) is 3.12. The molecule has 1 saturated heterocycles. The number of hydrogen-bond donors (Lipinski definition) is 4. The Morgan fingerprint density at radius 1 is 1.24 bits per heavy atom. The van der Waals surface area contributed by atoms with E-state index >= 15 is 0 Å². The molecule has 4 rings (SSSR count). The highest BCUT2D eigenvalue weighted by Crippen LogP contribution is 2.22. The zero-order chi connectivity index (χ0) is 20.1. The predicted molar refractivity (Wildman–Crippen MR) is 114 cm³/mol. The summed E-state index contributed by atoms with van der Waals surface area (Å²) in [6.45, 7) is 2.37. The predicted octanol–water partition coefficient (Wildman–Crippen LogP) is 2.61. The van der Waals surface area contributed by atoms with Crippen LogP contribution in [0.1, 0.15) is 24.0 Å². The minimum atomic E-state index is -0.165. The van der Waals surface area contributed by atoms with Crippen molar-refractivity contribution in [2.75, 3.05) is 18.8 Å². The fourth-order valence-corrected chi connectivity index (χ4v) is 3.43. The third kappa shape index (κ3) is 4.75. The second-order valence-corrected chi connectivity index (χ2v) is 7.14. The van der Waals surface area contributed by atoms with Gasteiger partial charge in [-0.2, -0.15) is 5.10 Å². The largest absolute Gasteiger partial charge is 0.490 e. The number of nitrogens with zero attached hydrogens (tertiary/aromatic N) is 1. The molecule has 1 fully saturated rings. The van der Waals surface area contributed by atoms with Crippen LogP contribution in [-0.2, 0) is 11.3 Å². The zero-order valence-electron chi connectivity index (χ0n) is 16.2. The molecule has 1 amide bonds. The molecule has 29 heavy (non-hydrogen) atoms. The number of nitrogens with one attached hydrogen (secondary N) is 3. The SMILES string of the molecule is Nc1n[nH]c2ccc(C=CC(=O)NCc3ccccc3OC3CCNCC3)cc12. The summed E-state index contributed by atoms with van der Waals surface area (Å²) in [5.74, 6) is 1.12. The fraction of sp³-hybridized carbons (Fsp3) is 0.273. The molecule has 150 valence electrons. The van der Waals surface area contributed by atoms with Crippen molar-refractivity contribution in [3.63, 3.8) is 0 Å². The Morgan fingerprint density at radius 3 is 2.93 bits per heavy atom. The van der Waals surface area contributed by atoms with Gasteiger partial charge in [0, 0.05) is 23.6 Å². The van der Waals surface area contributed by atoms with Gasteiger partial charge in [-0.25, -0.2) is 0 Å². The number of anilines is 1. The lowest BCUT2D eigenvalue weighted by molar-refractivity contribution is -0.116. The number of piperidine rings is 1. The van der Waals surface area contributed by atoms with Crippen molar-refractivity contribution >= 4 is 28.7 Å². The molecule has 5 N–H and O–H groups in total. The molecule has 1 aliphatic heterocycles. The molecule has 0 atom stereocenters. The highest BCUT2D eigenvalue weighted by atomic mass is 16.5. The molecule has 0 spiro atoms. The summed E-state index contributed by atoms with van der Waals surface area (Å²) in [6, 6.07) is 13.6. The van der Waals surface area contributed by atoms with Gasteiger partial charge in [-0.05, 0) is 55.8 Å². The molecule has 0 unspecified atom stereocenters. The minimum Gasteiger partial charge on any atom is -0.490 e. The number of hydrogen-bond acceptors (Lipinski definition) is 5. The highest BCUT2D eigenvalue weighted by Gasteiger charge is 2.16. The summed E-state index contributed by atoms with van der Waals surface area (Å²) in [4.78, 5) is 12.3. The van der Waals surface area contributed by atoms with Gasteiger partial charge in [-0.3, -0.25) is 9.89 Å². The van der Waals surface area contributed by atoms with Crippen molar-refractivity contribution in [2.24, 2.45) is 0 Å². The van der Waals surface area contributed by atoms with Gasteiger partial charge in [0.15, 0.2) is 5.82 Å². The Hall–Kier alpha value is -3.32. The molecule has 0 aliphatic carbocycles. The number of aromatic nitrogens is 2. The number of para-hydroxylation sites is 1. The number of nitrogen functional groups attached to an aromatic ring is 1. The standard InChI is InChI=1S/C22H25N5O2/c23-22-18-13-15(5-7-19(18)26-27-22)6-8-21(28)25-14-16-3-1-2-4-20(16)29-17-9-11-24-12-10-17/h1-8,13,17,24H,9-12,14H2,(H,25,28)(H3,23,26,27). The third-order valence-corrected chi connectivity index (χ3v) is 5.05. The number of H-pyrrole nitrogens is 1. The van der Waals surface area contributed by atoms with E-state index in [0.717, 1.165) is 53.7 Å².